The highest BCUT2D eigenvalue weighted by atomic mass is 32.2. The van der Waals surface area contributed by atoms with Crippen LogP contribution in [0.25, 0.3) is 0 Å². The quantitative estimate of drug-likeness (QED) is 0.648. The summed E-state index contributed by atoms with van der Waals surface area (Å²) in [6, 6.07) is 2.24. The van der Waals surface area contributed by atoms with Crippen molar-refractivity contribution >= 4 is 25.8 Å². The Morgan fingerprint density at radius 3 is 2.16 bits per heavy atom. The van der Waals surface area contributed by atoms with Gasteiger partial charge in [-0.15, -0.1) is 0 Å². The maximum atomic E-state index is 14.0. The fourth-order valence-corrected chi connectivity index (χ4v) is 9.19. The van der Waals surface area contributed by atoms with E-state index < -0.39 is 42.0 Å². The first-order valence-corrected chi connectivity index (χ1v) is 13.3. The van der Waals surface area contributed by atoms with Gasteiger partial charge in [0, 0.05) is 44.1 Å². The van der Waals surface area contributed by atoms with E-state index in [1.54, 1.807) is 0 Å². The molecule has 2 saturated carbocycles. The molecule has 2 aliphatic carbocycles. The molecule has 31 heavy (non-hydrogen) atoms. The fraction of sp³-hybridized carbons (Fsp3) is 0.650. The summed E-state index contributed by atoms with van der Waals surface area (Å²) < 4.78 is 81.2. The molecule has 11 heteroatoms. The second-order valence-corrected chi connectivity index (χ2v) is 13.2. The van der Waals surface area contributed by atoms with E-state index in [-0.39, 0.29) is 49.0 Å². The zero-order chi connectivity index (χ0) is 22.8. The van der Waals surface area contributed by atoms with Gasteiger partial charge in [-0.2, -0.15) is 8.61 Å². The smallest absolute Gasteiger partial charge is 0.246 e. The van der Waals surface area contributed by atoms with Crippen LogP contribution in [0.2, 0.25) is 0 Å². The molecule has 1 aliphatic heterocycles. The summed E-state index contributed by atoms with van der Waals surface area (Å²) in [5.74, 6) is -2.13. The van der Waals surface area contributed by atoms with Crippen LogP contribution < -0.4 is 0 Å². The van der Waals surface area contributed by atoms with Crippen LogP contribution in [0, 0.1) is 28.4 Å². The summed E-state index contributed by atoms with van der Waals surface area (Å²) in [4.78, 5) is 12.1. The van der Waals surface area contributed by atoms with Crippen molar-refractivity contribution in [2.24, 2.45) is 16.7 Å². The van der Waals surface area contributed by atoms with E-state index in [9.17, 15) is 30.4 Å². The third-order valence-corrected chi connectivity index (χ3v) is 11.6. The van der Waals surface area contributed by atoms with Gasteiger partial charge in [0.2, 0.25) is 20.0 Å². The number of nitrogens with zero attached hydrogens (tertiary/aromatic N) is 2. The monoisotopic (exact) mass is 476 g/mol. The molecule has 1 aromatic carbocycles. The highest BCUT2D eigenvalue weighted by Gasteiger charge is 2.65. The average molecular weight is 477 g/mol. The number of hydrogen-bond donors (Lipinski definition) is 0. The van der Waals surface area contributed by atoms with Crippen molar-refractivity contribution in [2.75, 3.05) is 31.9 Å². The van der Waals surface area contributed by atoms with Crippen LogP contribution in [-0.2, 0) is 24.8 Å². The van der Waals surface area contributed by atoms with E-state index in [0.717, 1.165) is 22.9 Å². The second kappa shape index (κ2) is 7.29. The molecule has 1 heterocycles. The van der Waals surface area contributed by atoms with Gasteiger partial charge in [0.1, 0.15) is 22.3 Å². The van der Waals surface area contributed by atoms with E-state index in [4.69, 9.17) is 0 Å². The molecule has 0 N–H and O–H groups in total. The number of ketones is 1. The molecular weight excluding hydrogens is 450 g/mol. The first-order chi connectivity index (χ1) is 14.3. The number of fused-ring (bicyclic) bond motifs is 2. The van der Waals surface area contributed by atoms with E-state index >= 15 is 0 Å². The first kappa shape index (κ1) is 22.8. The Bertz CT molecular complexity index is 1130. The number of hydrogen-bond acceptors (Lipinski definition) is 5. The summed E-state index contributed by atoms with van der Waals surface area (Å²) >= 11 is 0. The largest absolute Gasteiger partial charge is 0.299 e. The van der Waals surface area contributed by atoms with Gasteiger partial charge in [-0.1, -0.05) is 13.8 Å². The normalized spacial score (nSPS) is 29.5. The first-order valence-electron chi connectivity index (χ1n) is 10.3. The standard InChI is InChI=1S/C20H26F2N2O5S2/c1-19(2)14-5-6-20(19,18(25)11-14)13-30(26,27)23-7-9-24(10-8-23)31(28,29)17-4-3-15(21)12-16(17)22/h3-4,12,14H,5-11,13H2,1-2H3. The Balaban J connectivity index is 1.49. The summed E-state index contributed by atoms with van der Waals surface area (Å²) in [6.07, 6.45) is 1.81. The van der Waals surface area contributed by atoms with Crippen LogP contribution in [0.4, 0.5) is 8.78 Å². The van der Waals surface area contributed by atoms with Gasteiger partial charge in [0.05, 0.1) is 5.75 Å². The zero-order valence-corrected chi connectivity index (χ0v) is 19.1. The minimum absolute atomic E-state index is 0.00493. The maximum absolute atomic E-state index is 14.0. The van der Waals surface area contributed by atoms with Crippen LogP contribution >= 0.6 is 0 Å². The molecule has 3 aliphatic rings. The number of Topliss-reactive ketones (excluding diaryl/α,β-unsaturated/α-hetero) is 1. The van der Waals surface area contributed by atoms with Crippen LogP contribution in [-0.4, -0.2) is 63.2 Å². The van der Waals surface area contributed by atoms with Gasteiger partial charge in [-0.3, -0.25) is 4.79 Å². The van der Waals surface area contributed by atoms with E-state index in [1.807, 2.05) is 13.8 Å². The lowest BCUT2D eigenvalue weighted by molar-refractivity contribution is -0.128. The minimum Gasteiger partial charge on any atom is -0.299 e. The molecule has 1 aromatic rings. The number of benzene rings is 1. The second-order valence-electron chi connectivity index (χ2n) is 9.30. The van der Waals surface area contributed by atoms with Gasteiger partial charge in [-0.25, -0.2) is 25.6 Å². The Hall–Kier alpha value is -1.43. The van der Waals surface area contributed by atoms with Crippen LogP contribution in [0.3, 0.4) is 0 Å². The van der Waals surface area contributed by atoms with Crippen molar-refractivity contribution in [3.63, 3.8) is 0 Å². The van der Waals surface area contributed by atoms with Crippen LogP contribution in [0.15, 0.2) is 23.1 Å². The minimum atomic E-state index is -4.22. The highest BCUT2D eigenvalue weighted by Crippen LogP contribution is 2.64. The fourth-order valence-electron chi connectivity index (χ4n) is 5.52. The van der Waals surface area contributed by atoms with Crippen LogP contribution in [0.1, 0.15) is 33.1 Å². The molecule has 0 amide bonds. The van der Waals surface area contributed by atoms with Crippen molar-refractivity contribution in [3.8, 4) is 0 Å². The van der Waals surface area contributed by atoms with E-state index in [1.165, 1.54) is 4.31 Å². The van der Waals surface area contributed by atoms with Crippen molar-refractivity contribution in [2.45, 2.75) is 38.0 Å². The van der Waals surface area contributed by atoms with Gasteiger partial charge < -0.3 is 0 Å². The predicted molar refractivity (Wildman–Crippen MR) is 109 cm³/mol. The van der Waals surface area contributed by atoms with Crippen molar-refractivity contribution in [3.05, 3.63) is 29.8 Å². The van der Waals surface area contributed by atoms with Gasteiger partial charge >= 0.3 is 0 Å². The summed E-state index contributed by atoms with van der Waals surface area (Å²) in [5.41, 5.74) is -1.28. The Morgan fingerprint density at radius 1 is 1.03 bits per heavy atom. The SMILES string of the molecule is CC1(C)C2CCC1(CS(=O)(=O)N1CCN(S(=O)(=O)c3ccc(F)cc3F)CC1)C(=O)C2. The number of carbonyl (C=O) groups excluding carboxylic acids is 1. The highest BCUT2D eigenvalue weighted by molar-refractivity contribution is 7.89. The van der Waals surface area contributed by atoms with Crippen molar-refractivity contribution in [1.82, 2.24) is 8.61 Å². The third-order valence-electron chi connectivity index (χ3n) is 7.67. The van der Waals surface area contributed by atoms with E-state index in [2.05, 4.69) is 0 Å². The Kier molecular flexibility index (Phi) is 5.35. The maximum Gasteiger partial charge on any atom is 0.246 e. The van der Waals surface area contributed by atoms with Crippen molar-refractivity contribution in [1.29, 1.82) is 0 Å². The molecule has 172 valence electrons. The molecule has 0 aromatic heterocycles. The van der Waals surface area contributed by atoms with Gasteiger partial charge in [-0.05, 0) is 36.3 Å². The van der Waals surface area contributed by atoms with Crippen LogP contribution in [0.5, 0.6) is 0 Å². The lowest BCUT2D eigenvalue weighted by Gasteiger charge is -2.39. The lowest BCUT2D eigenvalue weighted by Crippen LogP contribution is -2.53. The van der Waals surface area contributed by atoms with Gasteiger partial charge in [0.25, 0.3) is 0 Å². The summed E-state index contributed by atoms with van der Waals surface area (Å²) in [6.45, 7) is 3.47. The Labute approximate surface area is 181 Å². The molecular formula is C20H26F2N2O5S2. The molecule has 7 nitrogen and oxygen atoms in total. The van der Waals surface area contributed by atoms with Crippen molar-refractivity contribution < 1.29 is 30.4 Å². The molecule has 0 spiro atoms. The number of piperazine rings is 1. The average Bonchev–Trinajstić information content (AvgIpc) is 3.02. The summed E-state index contributed by atoms with van der Waals surface area (Å²) in [5, 5.41) is 0. The molecule has 4 rings (SSSR count). The zero-order valence-electron chi connectivity index (χ0n) is 17.5. The molecule has 0 radical (unpaired) electrons. The topological polar surface area (TPSA) is 91.8 Å². The Morgan fingerprint density at radius 2 is 1.65 bits per heavy atom. The molecule has 3 fully saturated rings. The molecule has 2 unspecified atom stereocenters. The molecule has 1 saturated heterocycles. The van der Waals surface area contributed by atoms with E-state index in [0.29, 0.717) is 18.9 Å². The third kappa shape index (κ3) is 3.44. The predicted octanol–water partition coefficient (Wildman–Crippen LogP) is 2.00. The number of sulfonamides is 2. The number of rotatable bonds is 5. The van der Waals surface area contributed by atoms with Gasteiger partial charge in [0.15, 0.2) is 0 Å². The number of carbonyl (C=O) groups is 1. The molecule has 2 bridgehead atoms. The summed E-state index contributed by atoms with van der Waals surface area (Å²) in [7, 11) is -8.02. The molecule has 2 atom stereocenters. The lowest BCUT2D eigenvalue weighted by atomic mass is 9.70. The number of halogens is 2.